The summed E-state index contributed by atoms with van der Waals surface area (Å²) in [4.78, 5) is 21.6. The molecule has 0 radical (unpaired) electrons. The van der Waals surface area contributed by atoms with Crippen LogP contribution in [0.4, 0.5) is 0 Å². The predicted octanol–water partition coefficient (Wildman–Crippen LogP) is 3.35. The summed E-state index contributed by atoms with van der Waals surface area (Å²) in [5, 5.41) is 9.72. The van der Waals surface area contributed by atoms with Gasteiger partial charge in [-0.05, 0) is 43.4 Å². The van der Waals surface area contributed by atoms with Crippen LogP contribution < -0.4 is 4.72 Å². The van der Waals surface area contributed by atoms with Crippen molar-refractivity contribution < 1.29 is 23.1 Å². The van der Waals surface area contributed by atoms with Crippen LogP contribution in [0, 0.1) is 0 Å². The number of halogens is 1. The quantitative estimate of drug-likeness (QED) is 0.480. The largest absolute Gasteiger partial charge is 0.468 e. The maximum absolute atomic E-state index is 13.1. The van der Waals surface area contributed by atoms with Crippen molar-refractivity contribution in [3.05, 3.63) is 29.8 Å². The minimum absolute atomic E-state index is 0.0789. The summed E-state index contributed by atoms with van der Waals surface area (Å²) in [7, 11) is -2.65. The number of benzene rings is 1. The number of aliphatic imine (C=N–C) groups is 2. The van der Waals surface area contributed by atoms with Gasteiger partial charge in [-0.3, -0.25) is 9.79 Å². The predicted molar refractivity (Wildman–Crippen MR) is 128 cm³/mol. The van der Waals surface area contributed by atoms with E-state index in [0.29, 0.717) is 31.4 Å². The molecule has 0 bridgehead atoms. The number of aliphatic hydroxyl groups excluding tert-OH is 1. The molecule has 33 heavy (non-hydrogen) atoms. The van der Waals surface area contributed by atoms with Crippen molar-refractivity contribution in [1.29, 1.82) is 0 Å². The third kappa shape index (κ3) is 5.82. The first-order valence-electron chi connectivity index (χ1n) is 11.4. The Kier molecular flexibility index (Phi) is 8.31. The number of esters is 1. The Morgan fingerprint density at radius 2 is 1.85 bits per heavy atom. The zero-order chi connectivity index (χ0) is 24.1. The van der Waals surface area contributed by atoms with Gasteiger partial charge in [-0.1, -0.05) is 56.3 Å². The van der Waals surface area contributed by atoms with Crippen LogP contribution in [0.5, 0.6) is 0 Å². The summed E-state index contributed by atoms with van der Waals surface area (Å²) in [5.74, 6) is -0.547. The number of sulfonamides is 1. The van der Waals surface area contributed by atoms with Crippen LogP contribution in [0.1, 0.15) is 63.9 Å². The molecule has 1 aromatic carbocycles. The van der Waals surface area contributed by atoms with E-state index in [-0.39, 0.29) is 16.7 Å². The summed E-state index contributed by atoms with van der Waals surface area (Å²) in [6.07, 6.45) is 6.28. The fourth-order valence-corrected chi connectivity index (χ4v) is 6.21. The van der Waals surface area contributed by atoms with Crippen molar-refractivity contribution in [1.82, 2.24) is 4.72 Å². The van der Waals surface area contributed by atoms with Crippen molar-refractivity contribution in [2.75, 3.05) is 13.7 Å². The van der Waals surface area contributed by atoms with E-state index in [1.807, 2.05) is 0 Å². The number of carbonyl (C=O) groups is 1. The van der Waals surface area contributed by atoms with Gasteiger partial charge >= 0.3 is 5.97 Å². The summed E-state index contributed by atoms with van der Waals surface area (Å²) in [5.41, 5.74) is -0.793. The van der Waals surface area contributed by atoms with Gasteiger partial charge in [-0.2, -0.15) is 4.72 Å². The Balaban J connectivity index is 1.81. The molecule has 1 fully saturated rings. The number of nitrogens with one attached hydrogen (secondary N) is 1. The van der Waals surface area contributed by atoms with Crippen molar-refractivity contribution >= 4 is 38.5 Å². The number of hydrogen-bond donors (Lipinski definition) is 2. The Hall–Kier alpha value is -1.81. The Bertz CT molecular complexity index is 1020. The van der Waals surface area contributed by atoms with Gasteiger partial charge in [0, 0.05) is 6.42 Å². The summed E-state index contributed by atoms with van der Waals surface area (Å²) < 4.78 is 33.8. The molecule has 10 heteroatoms. The third-order valence-electron chi connectivity index (χ3n) is 6.30. The molecule has 182 valence electrons. The zero-order valence-corrected chi connectivity index (χ0v) is 20.7. The highest BCUT2D eigenvalue weighted by atomic mass is 35.5. The van der Waals surface area contributed by atoms with Crippen LogP contribution in [0.2, 0.25) is 0 Å². The molecule has 1 atom stereocenters. The summed E-state index contributed by atoms with van der Waals surface area (Å²) in [6, 6.07) is 6.50. The third-order valence-corrected chi connectivity index (χ3v) is 8.16. The van der Waals surface area contributed by atoms with Crippen LogP contribution in [0.15, 0.2) is 39.1 Å². The van der Waals surface area contributed by atoms with E-state index in [1.165, 1.54) is 19.2 Å². The maximum Gasteiger partial charge on any atom is 0.327 e. The van der Waals surface area contributed by atoms with Crippen LogP contribution >= 0.6 is 11.6 Å². The van der Waals surface area contributed by atoms with Crippen LogP contribution in [-0.4, -0.2) is 55.3 Å². The number of hydrogen-bond acceptors (Lipinski definition) is 7. The molecule has 1 aliphatic carbocycles. The van der Waals surface area contributed by atoms with Gasteiger partial charge in [0.2, 0.25) is 10.0 Å². The van der Waals surface area contributed by atoms with E-state index in [1.54, 1.807) is 12.1 Å². The first kappa shape index (κ1) is 25.8. The lowest BCUT2D eigenvalue weighted by atomic mass is 9.83. The molecule has 3 rings (SSSR count). The van der Waals surface area contributed by atoms with Gasteiger partial charge in [0.05, 0.1) is 18.6 Å². The lowest BCUT2D eigenvalue weighted by Gasteiger charge is -2.34. The second-order valence-electron chi connectivity index (χ2n) is 8.77. The van der Waals surface area contributed by atoms with E-state index in [0.717, 1.165) is 37.7 Å². The first-order chi connectivity index (χ1) is 15.7. The lowest BCUT2D eigenvalue weighted by Crippen LogP contribution is -2.55. The number of aliphatic hydroxyl groups is 1. The normalized spacial score (nSPS) is 22.5. The monoisotopic (exact) mass is 497 g/mol. The molecule has 1 saturated carbocycles. The van der Waals surface area contributed by atoms with Crippen LogP contribution in [0.3, 0.4) is 0 Å². The highest BCUT2D eigenvalue weighted by Gasteiger charge is 2.44. The van der Waals surface area contributed by atoms with E-state index in [9.17, 15) is 18.3 Å². The molecular weight excluding hydrogens is 466 g/mol. The van der Waals surface area contributed by atoms with E-state index >= 15 is 0 Å². The Morgan fingerprint density at radius 3 is 2.39 bits per heavy atom. The number of ether oxygens (including phenoxy) is 1. The van der Waals surface area contributed by atoms with Crippen LogP contribution in [-0.2, 0) is 26.0 Å². The first-order valence-corrected chi connectivity index (χ1v) is 13.2. The second kappa shape index (κ2) is 10.6. The maximum atomic E-state index is 13.1. The van der Waals surface area contributed by atoms with Gasteiger partial charge in [0.15, 0.2) is 5.66 Å². The average molecular weight is 498 g/mol. The van der Waals surface area contributed by atoms with Crippen molar-refractivity contribution in [2.24, 2.45) is 9.98 Å². The molecule has 0 amide bonds. The van der Waals surface area contributed by atoms with E-state index in [4.69, 9.17) is 16.3 Å². The van der Waals surface area contributed by atoms with Gasteiger partial charge in [0.1, 0.15) is 16.4 Å². The molecule has 2 aliphatic rings. The van der Waals surface area contributed by atoms with Crippen molar-refractivity contribution in [2.45, 2.75) is 80.8 Å². The molecule has 1 unspecified atom stereocenters. The van der Waals surface area contributed by atoms with Crippen molar-refractivity contribution in [3.63, 3.8) is 0 Å². The molecule has 0 saturated heterocycles. The smallest absolute Gasteiger partial charge is 0.327 e. The summed E-state index contributed by atoms with van der Waals surface area (Å²) >= 11 is 6.17. The highest BCUT2D eigenvalue weighted by molar-refractivity contribution is 7.89. The fraction of sp³-hybridized carbons (Fsp3) is 0.609. The molecule has 1 aliphatic heterocycles. The molecule has 2 N–H and O–H groups in total. The van der Waals surface area contributed by atoms with E-state index < -0.39 is 27.2 Å². The standard InChI is InChI=1S/C23H32ClN3O5S/c1-3-4-14-23(25-19(16-28)20(24)26-23)15-17-8-10-18(11-9-17)33(30,31)27-22(21(29)32-2)12-6-5-7-13-22/h8-11,27-28H,3-7,12-16H2,1-2H3. The number of unbranched alkanes of at least 4 members (excludes halogenated alkanes) is 1. The highest BCUT2D eigenvalue weighted by Crippen LogP contribution is 2.33. The van der Waals surface area contributed by atoms with Gasteiger partial charge in [-0.25, -0.2) is 13.4 Å². The summed E-state index contributed by atoms with van der Waals surface area (Å²) in [6.45, 7) is 1.80. The van der Waals surface area contributed by atoms with E-state index in [2.05, 4.69) is 21.6 Å². The van der Waals surface area contributed by atoms with Gasteiger partial charge < -0.3 is 9.84 Å². The number of nitrogens with zero attached hydrogens (tertiary/aromatic N) is 2. The fourth-order valence-electron chi connectivity index (χ4n) is 4.54. The Morgan fingerprint density at radius 1 is 1.18 bits per heavy atom. The molecule has 1 heterocycles. The molecule has 0 spiro atoms. The number of methoxy groups -OCH3 is 1. The van der Waals surface area contributed by atoms with Crippen molar-refractivity contribution in [3.8, 4) is 0 Å². The molecule has 8 nitrogen and oxygen atoms in total. The number of carbonyl (C=O) groups excluding carboxylic acids is 1. The average Bonchev–Trinajstić information content (AvgIpc) is 3.13. The topological polar surface area (TPSA) is 117 Å². The minimum atomic E-state index is -3.93. The number of rotatable bonds is 10. The minimum Gasteiger partial charge on any atom is -0.468 e. The Labute approximate surface area is 200 Å². The second-order valence-corrected chi connectivity index (χ2v) is 10.8. The van der Waals surface area contributed by atoms with Crippen LogP contribution in [0.25, 0.3) is 0 Å². The molecule has 0 aromatic heterocycles. The van der Waals surface area contributed by atoms with Gasteiger partial charge in [0.25, 0.3) is 0 Å². The molecule has 1 aromatic rings. The lowest BCUT2D eigenvalue weighted by molar-refractivity contribution is -0.149. The van der Waals surface area contributed by atoms with Gasteiger partial charge in [-0.15, -0.1) is 0 Å². The zero-order valence-electron chi connectivity index (χ0n) is 19.1. The SMILES string of the molecule is CCCCC1(Cc2ccc(S(=O)(=O)NC3(C(=O)OC)CCCCC3)cc2)N=C(Cl)C(CO)=N1. The molecular formula is C23H32ClN3O5S.